The Hall–Kier alpha value is -1.55. The molecule has 0 saturated heterocycles. The summed E-state index contributed by atoms with van der Waals surface area (Å²) >= 11 is 0. The molecule has 104 valence electrons. The number of nitrogens with one attached hydrogen (secondary N) is 2. The van der Waals surface area contributed by atoms with E-state index in [2.05, 4.69) is 16.7 Å². The van der Waals surface area contributed by atoms with Crippen LogP contribution in [0, 0.1) is 0 Å². The van der Waals surface area contributed by atoms with Gasteiger partial charge in [-0.1, -0.05) is 13.0 Å². The summed E-state index contributed by atoms with van der Waals surface area (Å²) in [5.41, 5.74) is 2.48. The molecule has 4 heteroatoms. The highest BCUT2D eigenvalue weighted by Crippen LogP contribution is 2.26. The molecule has 0 aliphatic carbocycles. The summed E-state index contributed by atoms with van der Waals surface area (Å²) < 4.78 is 5.31. The molecule has 0 saturated carbocycles. The van der Waals surface area contributed by atoms with Gasteiger partial charge in [0.05, 0.1) is 0 Å². The van der Waals surface area contributed by atoms with Crippen LogP contribution in [0.4, 0.5) is 11.4 Å². The normalized spacial score (nSPS) is 17.0. The van der Waals surface area contributed by atoms with E-state index >= 15 is 0 Å². The summed E-state index contributed by atoms with van der Waals surface area (Å²) in [5.74, 6) is -0.103. The van der Waals surface area contributed by atoms with Crippen LogP contribution in [-0.4, -0.2) is 25.2 Å². The van der Waals surface area contributed by atoms with Gasteiger partial charge in [0.15, 0.2) is 0 Å². The maximum absolute atomic E-state index is 12.2. The van der Waals surface area contributed by atoms with Crippen molar-refractivity contribution in [2.24, 2.45) is 0 Å². The van der Waals surface area contributed by atoms with E-state index in [4.69, 9.17) is 4.74 Å². The number of carbonyl (C=O) groups is 1. The van der Waals surface area contributed by atoms with E-state index in [1.54, 1.807) is 14.0 Å². The molecule has 1 aromatic rings. The number of amides is 1. The molecule has 1 heterocycles. The smallest absolute Gasteiger partial charge is 0.256 e. The van der Waals surface area contributed by atoms with Crippen LogP contribution in [0.1, 0.15) is 32.3 Å². The van der Waals surface area contributed by atoms with E-state index in [0.29, 0.717) is 6.42 Å². The molecular formula is C15H22N2O2. The lowest BCUT2D eigenvalue weighted by Crippen LogP contribution is -2.41. The average molecular weight is 262 g/mol. The highest BCUT2D eigenvalue weighted by atomic mass is 16.5. The number of ether oxygens (including phenoxy) is 1. The molecule has 1 unspecified atom stereocenters. The van der Waals surface area contributed by atoms with E-state index in [0.717, 1.165) is 30.8 Å². The van der Waals surface area contributed by atoms with Gasteiger partial charge >= 0.3 is 0 Å². The van der Waals surface area contributed by atoms with Crippen LogP contribution in [0.5, 0.6) is 0 Å². The van der Waals surface area contributed by atoms with Crippen LogP contribution < -0.4 is 10.6 Å². The lowest BCUT2D eigenvalue weighted by Gasteiger charge is -2.26. The zero-order valence-corrected chi connectivity index (χ0v) is 11.9. The Kier molecular flexibility index (Phi) is 4.10. The molecule has 2 rings (SSSR count). The molecular weight excluding hydrogens is 240 g/mol. The summed E-state index contributed by atoms with van der Waals surface area (Å²) in [5, 5.41) is 6.29. The molecule has 0 aromatic heterocycles. The number of fused-ring (bicyclic) bond motifs is 1. The predicted octanol–water partition coefficient (Wildman–Crippen LogP) is 2.80. The van der Waals surface area contributed by atoms with Crippen LogP contribution in [0.25, 0.3) is 0 Å². The second-order valence-corrected chi connectivity index (χ2v) is 5.14. The number of methoxy groups -OCH3 is 1. The zero-order chi connectivity index (χ0) is 13.9. The standard InChI is InChI=1S/C15H22N2O2/c1-4-15(2,19-3)14(18)17-12-8-7-11-6-5-9-16-13(11)10-12/h7-8,10,16H,4-6,9H2,1-3H3,(H,17,18). The molecule has 2 N–H and O–H groups in total. The topological polar surface area (TPSA) is 50.4 Å². The Morgan fingerprint density at radius 2 is 2.32 bits per heavy atom. The number of rotatable bonds is 4. The van der Waals surface area contributed by atoms with Crippen LogP contribution in [-0.2, 0) is 16.0 Å². The van der Waals surface area contributed by atoms with Crippen LogP contribution in [0.2, 0.25) is 0 Å². The summed E-state index contributed by atoms with van der Waals surface area (Å²) in [4.78, 5) is 12.2. The van der Waals surface area contributed by atoms with Crippen molar-refractivity contribution in [2.75, 3.05) is 24.3 Å². The van der Waals surface area contributed by atoms with Gasteiger partial charge in [0.2, 0.25) is 0 Å². The molecule has 1 atom stereocenters. The van der Waals surface area contributed by atoms with Crippen molar-refractivity contribution in [3.05, 3.63) is 23.8 Å². The maximum atomic E-state index is 12.2. The third-order valence-corrected chi connectivity index (χ3v) is 3.91. The molecule has 1 aliphatic rings. The Balaban J connectivity index is 2.13. The predicted molar refractivity (Wildman–Crippen MR) is 77.6 cm³/mol. The highest BCUT2D eigenvalue weighted by Gasteiger charge is 2.31. The third kappa shape index (κ3) is 2.89. The largest absolute Gasteiger partial charge is 0.385 e. The zero-order valence-electron chi connectivity index (χ0n) is 11.9. The fraction of sp³-hybridized carbons (Fsp3) is 0.533. The minimum absolute atomic E-state index is 0.103. The lowest BCUT2D eigenvalue weighted by atomic mass is 10.0. The van der Waals surface area contributed by atoms with Gasteiger partial charge in [0.1, 0.15) is 5.60 Å². The molecule has 1 aliphatic heterocycles. The van der Waals surface area contributed by atoms with E-state index in [1.165, 1.54) is 5.56 Å². The number of hydrogen-bond donors (Lipinski definition) is 2. The Bertz CT molecular complexity index is 467. The molecule has 0 spiro atoms. The highest BCUT2D eigenvalue weighted by molar-refractivity contribution is 5.97. The number of hydrogen-bond acceptors (Lipinski definition) is 3. The Morgan fingerprint density at radius 3 is 3.00 bits per heavy atom. The molecule has 19 heavy (non-hydrogen) atoms. The van der Waals surface area contributed by atoms with Gasteiger partial charge in [-0.2, -0.15) is 0 Å². The van der Waals surface area contributed by atoms with Crippen molar-refractivity contribution in [1.82, 2.24) is 0 Å². The number of aryl methyl sites for hydroxylation is 1. The van der Waals surface area contributed by atoms with E-state index in [1.807, 2.05) is 19.1 Å². The first-order valence-corrected chi connectivity index (χ1v) is 6.82. The molecule has 1 aromatic carbocycles. The van der Waals surface area contributed by atoms with Gasteiger partial charge in [0.25, 0.3) is 5.91 Å². The van der Waals surface area contributed by atoms with Gasteiger partial charge in [-0.3, -0.25) is 4.79 Å². The summed E-state index contributed by atoms with van der Waals surface area (Å²) in [6.45, 7) is 4.74. The fourth-order valence-corrected chi connectivity index (χ4v) is 2.20. The van der Waals surface area contributed by atoms with Crippen molar-refractivity contribution in [1.29, 1.82) is 0 Å². The SMILES string of the molecule is CCC(C)(OC)C(=O)Nc1ccc2c(c1)NCCC2. The molecule has 0 radical (unpaired) electrons. The van der Waals surface area contributed by atoms with Crippen molar-refractivity contribution in [3.8, 4) is 0 Å². The maximum Gasteiger partial charge on any atom is 0.256 e. The lowest BCUT2D eigenvalue weighted by molar-refractivity contribution is -0.136. The number of carbonyl (C=O) groups excluding carboxylic acids is 1. The van der Waals surface area contributed by atoms with Crippen LogP contribution in [0.3, 0.4) is 0 Å². The summed E-state index contributed by atoms with van der Waals surface area (Å²) in [7, 11) is 1.57. The monoisotopic (exact) mass is 262 g/mol. The average Bonchev–Trinajstić information content (AvgIpc) is 2.46. The van der Waals surface area contributed by atoms with Crippen LogP contribution >= 0.6 is 0 Å². The third-order valence-electron chi connectivity index (χ3n) is 3.91. The van der Waals surface area contributed by atoms with Gasteiger partial charge in [-0.25, -0.2) is 0 Å². The first-order valence-electron chi connectivity index (χ1n) is 6.82. The second kappa shape index (κ2) is 5.61. The van der Waals surface area contributed by atoms with Gasteiger partial charge in [-0.15, -0.1) is 0 Å². The van der Waals surface area contributed by atoms with Crippen LogP contribution in [0.15, 0.2) is 18.2 Å². The number of anilines is 2. The van der Waals surface area contributed by atoms with Crippen molar-refractivity contribution in [2.45, 2.75) is 38.7 Å². The summed E-state index contributed by atoms with van der Waals surface area (Å²) in [6, 6.07) is 6.03. The quantitative estimate of drug-likeness (QED) is 0.877. The first kappa shape index (κ1) is 13.9. The first-order chi connectivity index (χ1) is 9.09. The van der Waals surface area contributed by atoms with Gasteiger partial charge in [-0.05, 0) is 43.9 Å². The molecule has 4 nitrogen and oxygen atoms in total. The van der Waals surface area contributed by atoms with Crippen molar-refractivity contribution >= 4 is 17.3 Å². The van der Waals surface area contributed by atoms with Gasteiger partial charge < -0.3 is 15.4 Å². The fourth-order valence-electron chi connectivity index (χ4n) is 2.20. The van der Waals surface area contributed by atoms with Crippen molar-refractivity contribution in [3.63, 3.8) is 0 Å². The van der Waals surface area contributed by atoms with E-state index < -0.39 is 5.60 Å². The molecule has 1 amide bonds. The second-order valence-electron chi connectivity index (χ2n) is 5.14. The summed E-state index contributed by atoms with van der Waals surface area (Å²) in [6.07, 6.45) is 2.90. The Morgan fingerprint density at radius 1 is 1.53 bits per heavy atom. The Labute approximate surface area is 114 Å². The molecule has 0 bridgehead atoms. The number of benzene rings is 1. The molecule has 0 fully saturated rings. The van der Waals surface area contributed by atoms with E-state index in [9.17, 15) is 4.79 Å². The minimum Gasteiger partial charge on any atom is -0.385 e. The van der Waals surface area contributed by atoms with Crippen molar-refractivity contribution < 1.29 is 9.53 Å². The minimum atomic E-state index is -0.774. The van der Waals surface area contributed by atoms with E-state index in [-0.39, 0.29) is 5.91 Å². The van der Waals surface area contributed by atoms with Gasteiger partial charge in [0, 0.05) is 25.0 Å².